The van der Waals surface area contributed by atoms with Crippen molar-refractivity contribution in [3.8, 4) is 5.75 Å². The normalized spacial score (nSPS) is 9.94. The van der Waals surface area contributed by atoms with Crippen molar-refractivity contribution in [1.82, 2.24) is 4.98 Å². The summed E-state index contributed by atoms with van der Waals surface area (Å²) in [6.07, 6.45) is 1.65. The lowest BCUT2D eigenvalue weighted by Crippen LogP contribution is -2.02. The summed E-state index contributed by atoms with van der Waals surface area (Å²) in [5.74, 6) is -0.402. The van der Waals surface area contributed by atoms with Crippen LogP contribution in [0.25, 0.3) is 0 Å². The van der Waals surface area contributed by atoms with Gasteiger partial charge in [-0.05, 0) is 12.1 Å². The molecule has 0 spiro atoms. The first-order valence-corrected chi connectivity index (χ1v) is 5.66. The lowest BCUT2D eigenvalue weighted by Gasteiger charge is -2.08. The number of hydrogen-bond donors (Lipinski definition) is 2. The van der Waals surface area contributed by atoms with Gasteiger partial charge in [-0.1, -0.05) is 0 Å². The molecule has 1 heterocycles. The number of aromatic nitrogens is 1. The first-order chi connectivity index (χ1) is 8.20. The van der Waals surface area contributed by atoms with Crippen LogP contribution >= 0.6 is 11.3 Å². The van der Waals surface area contributed by atoms with Gasteiger partial charge in [0.25, 0.3) is 0 Å². The molecule has 5 nitrogen and oxygen atoms in total. The van der Waals surface area contributed by atoms with Crippen molar-refractivity contribution in [2.24, 2.45) is 0 Å². The summed E-state index contributed by atoms with van der Waals surface area (Å²) in [4.78, 5) is 15.1. The number of carbonyl (C=O) groups is 1. The third kappa shape index (κ3) is 2.54. The third-order valence-electron chi connectivity index (χ3n) is 2.13. The molecule has 1 aromatic carbocycles. The summed E-state index contributed by atoms with van der Waals surface area (Å²) in [5.41, 5.74) is 0.646. The fourth-order valence-corrected chi connectivity index (χ4v) is 1.88. The summed E-state index contributed by atoms with van der Waals surface area (Å²) >= 11 is 1.40. The van der Waals surface area contributed by atoms with Crippen LogP contribution in [0.15, 0.2) is 29.8 Å². The van der Waals surface area contributed by atoms with Crippen LogP contribution in [-0.2, 0) is 0 Å². The number of aromatic carboxylic acids is 1. The zero-order chi connectivity index (χ0) is 12.3. The Labute approximate surface area is 102 Å². The van der Waals surface area contributed by atoms with Crippen LogP contribution in [-0.4, -0.2) is 23.2 Å². The molecule has 0 saturated carbocycles. The highest BCUT2D eigenvalue weighted by Gasteiger charge is 2.12. The van der Waals surface area contributed by atoms with E-state index in [0.717, 1.165) is 0 Å². The molecular weight excluding hydrogens is 240 g/mol. The molecule has 0 atom stereocenters. The van der Waals surface area contributed by atoms with Crippen molar-refractivity contribution in [3.05, 3.63) is 35.3 Å². The van der Waals surface area contributed by atoms with E-state index in [4.69, 9.17) is 9.84 Å². The van der Waals surface area contributed by atoms with E-state index in [1.54, 1.807) is 18.3 Å². The molecule has 0 bridgehead atoms. The number of benzene rings is 1. The predicted octanol–water partition coefficient (Wildman–Crippen LogP) is 2.59. The van der Waals surface area contributed by atoms with Crippen LogP contribution in [0.1, 0.15) is 10.4 Å². The van der Waals surface area contributed by atoms with Crippen molar-refractivity contribution in [2.45, 2.75) is 0 Å². The first-order valence-electron chi connectivity index (χ1n) is 4.78. The molecule has 6 heteroatoms. The molecule has 0 aliphatic rings. The topological polar surface area (TPSA) is 71.5 Å². The van der Waals surface area contributed by atoms with Gasteiger partial charge in [-0.15, -0.1) is 11.3 Å². The van der Waals surface area contributed by atoms with E-state index in [-0.39, 0.29) is 5.56 Å². The molecule has 2 rings (SSSR count). The smallest absolute Gasteiger partial charge is 0.337 e. The van der Waals surface area contributed by atoms with Gasteiger partial charge in [0.2, 0.25) is 0 Å². The van der Waals surface area contributed by atoms with E-state index in [1.807, 2.05) is 5.38 Å². The van der Waals surface area contributed by atoms with E-state index >= 15 is 0 Å². The number of anilines is 2. The molecule has 0 aliphatic heterocycles. The van der Waals surface area contributed by atoms with Gasteiger partial charge in [-0.3, -0.25) is 0 Å². The molecule has 1 aromatic heterocycles. The van der Waals surface area contributed by atoms with Crippen LogP contribution in [0.4, 0.5) is 10.8 Å². The van der Waals surface area contributed by atoms with E-state index in [1.165, 1.54) is 24.5 Å². The molecule has 0 aliphatic carbocycles. The van der Waals surface area contributed by atoms with Crippen molar-refractivity contribution in [2.75, 3.05) is 12.4 Å². The largest absolute Gasteiger partial charge is 0.497 e. The van der Waals surface area contributed by atoms with Gasteiger partial charge in [0.05, 0.1) is 18.4 Å². The van der Waals surface area contributed by atoms with E-state index in [2.05, 4.69) is 10.3 Å². The molecule has 17 heavy (non-hydrogen) atoms. The summed E-state index contributed by atoms with van der Waals surface area (Å²) in [6.45, 7) is 0. The first kappa shape index (κ1) is 11.4. The van der Waals surface area contributed by atoms with E-state index in [0.29, 0.717) is 16.6 Å². The number of carboxylic acid groups (broad SMARTS) is 1. The fraction of sp³-hybridized carbons (Fsp3) is 0.0909. The van der Waals surface area contributed by atoms with Gasteiger partial charge in [0.15, 0.2) is 5.13 Å². The standard InChI is InChI=1S/C11H10N2O3S/c1-16-7-2-3-8(10(14)15)9(6-7)13-11-12-4-5-17-11/h2-6H,1H3,(H,12,13)(H,14,15). The molecule has 0 fully saturated rings. The maximum Gasteiger partial charge on any atom is 0.337 e. The Morgan fingerprint density at radius 3 is 2.94 bits per heavy atom. The Kier molecular flexibility index (Phi) is 3.24. The van der Waals surface area contributed by atoms with Crippen molar-refractivity contribution in [1.29, 1.82) is 0 Å². The molecule has 0 radical (unpaired) electrons. The van der Waals surface area contributed by atoms with Gasteiger partial charge in [0.1, 0.15) is 5.75 Å². The van der Waals surface area contributed by atoms with Crippen molar-refractivity contribution < 1.29 is 14.6 Å². The van der Waals surface area contributed by atoms with Gasteiger partial charge < -0.3 is 15.2 Å². The lowest BCUT2D eigenvalue weighted by atomic mass is 10.1. The number of thiazole rings is 1. The maximum atomic E-state index is 11.1. The summed E-state index contributed by atoms with van der Waals surface area (Å²) in [5, 5.41) is 14.5. The van der Waals surface area contributed by atoms with Crippen LogP contribution in [0.3, 0.4) is 0 Å². The summed E-state index contributed by atoms with van der Waals surface area (Å²) < 4.78 is 5.06. The second-order valence-electron chi connectivity index (χ2n) is 3.18. The zero-order valence-corrected chi connectivity index (χ0v) is 9.82. The fourth-order valence-electron chi connectivity index (χ4n) is 1.34. The van der Waals surface area contributed by atoms with E-state index < -0.39 is 5.97 Å². The molecule has 2 N–H and O–H groups in total. The number of rotatable bonds is 4. The number of carboxylic acids is 1. The highest BCUT2D eigenvalue weighted by atomic mass is 32.1. The molecule has 88 valence electrons. The molecule has 0 amide bonds. The summed E-state index contributed by atoms with van der Waals surface area (Å²) in [7, 11) is 1.53. The molecule has 0 unspecified atom stereocenters. The number of hydrogen-bond acceptors (Lipinski definition) is 5. The van der Waals surface area contributed by atoms with Gasteiger partial charge in [0, 0.05) is 17.6 Å². The average molecular weight is 250 g/mol. The van der Waals surface area contributed by atoms with Crippen molar-refractivity contribution >= 4 is 28.1 Å². The minimum atomic E-state index is -0.994. The number of methoxy groups -OCH3 is 1. The Morgan fingerprint density at radius 1 is 1.53 bits per heavy atom. The molecule has 0 saturated heterocycles. The van der Waals surface area contributed by atoms with Crippen LogP contribution in [0.5, 0.6) is 5.75 Å². The zero-order valence-electron chi connectivity index (χ0n) is 9.01. The highest BCUT2D eigenvalue weighted by molar-refractivity contribution is 7.13. The monoisotopic (exact) mass is 250 g/mol. The van der Waals surface area contributed by atoms with Gasteiger partial charge in [-0.2, -0.15) is 0 Å². The number of nitrogens with one attached hydrogen (secondary N) is 1. The Morgan fingerprint density at radius 2 is 2.35 bits per heavy atom. The van der Waals surface area contributed by atoms with Crippen LogP contribution < -0.4 is 10.1 Å². The number of ether oxygens (including phenoxy) is 1. The minimum Gasteiger partial charge on any atom is -0.497 e. The SMILES string of the molecule is COc1ccc(C(=O)O)c(Nc2nccs2)c1. The van der Waals surface area contributed by atoms with Gasteiger partial charge in [-0.25, -0.2) is 9.78 Å². The Hall–Kier alpha value is -2.08. The number of nitrogens with zero attached hydrogens (tertiary/aromatic N) is 1. The maximum absolute atomic E-state index is 11.1. The summed E-state index contributed by atoms with van der Waals surface area (Å²) in [6, 6.07) is 4.73. The third-order valence-corrected chi connectivity index (χ3v) is 2.82. The second-order valence-corrected chi connectivity index (χ2v) is 4.07. The molecule has 2 aromatic rings. The van der Waals surface area contributed by atoms with Crippen LogP contribution in [0, 0.1) is 0 Å². The lowest BCUT2D eigenvalue weighted by molar-refractivity contribution is 0.0698. The quantitative estimate of drug-likeness (QED) is 0.872. The van der Waals surface area contributed by atoms with Crippen molar-refractivity contribution in [3.63, 3.8) is 0 Å². The van der Waals surface area contributed by atoms with Gasteiger partial charge >= 0.3 is 5.97 Å². The predicted molar refractivity (Wildman–Crippen MR) is 65.4 cm³/mol. The average Bonchev–Trinajstić information content (AvgIpc) is 2.81. The van der Waals surface area contributed by atoms with Crippen LogP contribution in [0.2, 0.25) is 0 Å². The van der Waals surface area contributed by atoms with E-state index in [9.17, 15) is 4.79 Å². The highest BCUT2D eigenvalue weighted by Crippen LogP contribution is 2.26. The Balaban J connectivity index is 2.38. The Bertz CT molecular complexity index is 526. The minimum absolute atomic E-state index is 0.181. The second kappa shape index (κ2) is 4.84. The molecular formula is C11H10N2O3S.